The van der Waals surface area contributed by atoms with Crippen LogP contribution in [-0.4, -0.2) is 17.9 Å². The fourth-order valence-corrected chi connectivity index (χ4v) is 0.827. The Labute approximate surface area is 93.2 Å². The van der Waals surface area contributed by atoms with Gasteiger partial charge in [-0.2, -0.15) is 0 Å². The molecule has 0 aliphatic carbocycles. The quantitative estimate of drug-likeness (QED) is 0.534. The Balaban J connectivity index is 5.02. The molecule has 0 aromatic rings. The van der Waals surface area contributed by atoms with Crippen molar-refractivity contribution in [2.24, 2.45) is 0 Å². The van der Waals surface area contributed by atoms with Crippen molar-refractivity contribution >= 4 is 17.9 Å². The van der Waals surface area contributed by atoms with Crippen LogP contribution in [0.15, 0.2) is 11.7 Å². The number of rotatable bonds is 4. The molecule has 90 valence electrons. The molecular weight excluding hydrogens is 216 g/mol. The van der Waals surface area contributed by atoms with Crippen LogP contribution in [0.2, 0.25) is 0 Å². The number of hydrogen-bond donors (Lipinski definition) is 0. The lowest BCUT2D eigenvalue weighted by molar-refractivity contribution is -0.154. The summed E-state index contributed by atoms with van der Waals surface area (Å²) in [7, 11) is 0. The molecule has 0 saturated heterocycles. The zero-order chi connectivity index (χ0) is 12.7. The predicted octanol–water partition coefficient (Wildman–Crippen LogP) is 1.25. The Kier molecular flexibility index (Phi) is 5.84. The van der Waals surface area contributed by atoms with Gasteiger partial charge >= 0.3 is 23.9 Å². The minimum absolute atomic E-state index is 0.00194. The third-order valence-electron chi connectivity index (χ3n) is 1.29. The van der Waals surface area contributed by atoms with Crippen molar-refractivity contribution in [3.05, 3.63) is 11.7 Å². The Morgan fingerprint density at radius 1 is 0.812 bits per heavy atom. The summed E-state index contributed by atoms with van der Waals surface area (Å²) in [5.41, 5.74) is 0. The lowest BCUT2D eigenvalue weighted by Crippen LogP contribution is -2.12. The molecule has 0 aromatic heterocycles. The standard InChI is InChI=1S/C10H14O6/c1-5-9(14-6(2)11)10(15-7(3)12)16-8(4)13/h5H2,1-4H3. The van der Waals surface area contributed by atoms with Gasteiger partial charge in [0.15, 0.2) is 5.76 Å². The fourth-order valence-electron chi connectivity index (χ4n) is 0.827. The number of ether oxygens (including phenoxy) is 3. The maximum atomic E-state index is 10.8. The van der Waals surface area contributed by atoms with E-state index in [2.05, 4.69) is 9.47 Å². The summed E-state index contributed by atoms with van der Waals surface area (Å²) >= 11 is 0. The zero-order valence-corrected chi connectivity index (χ0v) is 9.66. The number of esters is 3. The van der Waals surface area contributed by atoms with Gasteiger partial charge in [0.05, 0.1) is 0 Å². The molecule has 0 unspecified atom stereocenters. The van der Waals surface area contributed by atoms with E-state index < -0.39 is 23.9 Å². The summed E-state index contributed by atoms with van der Waals surface area (Å²) in [6.07, 6.45) is 0.246. The average Bonchev–Trinajstić information content (AvgIpc) is 2.11. The van der Waals surface area contributed by atoms with Gasteiger partial charge in [0.1, 0.15) is 0 Å². The highest BCUT2D eigenvalue weighted by atomic mass is 16.7. The van der Waals surface area contributed by atoms with Crippen LogP contribution in [-0.2, 0) is 28.6 Å². The van der Waals surface area contributed by atoms with Crippen LogP contribution in [0.3, 0.4) is 0 Å². The van der Waals surface area contributed by atoms with E-state index >= 15 is 0 Å². The van der Waals surface area contributed by atoms with Gasteiger partial charge in [-0.15, -0.1) is 0 Å². The van der Waals surface area contributed by atoms with Gasteiger partial charge in [-0.1, -0.05) is 6.92 Å². The lowest BCUT2D eigenvalue weighted by atomic mass is 10.4. The molecule has 0 fully saturated rings. The SMILES string of the molecule is CCC(OC(C)=O)=C(OC(C)=O)OC(C)=O. The molecule has 0 atom stereocenters. The van der Waals surface area contributed by atoms with Gasteiger partial charge in [0, 0.05) is 27.2 Å². The Morgan fingerprint density at radius 3 is 1.44 bits per heavy atom. The first-order valence-corrected chi connectivity index (χ1v) is 4.65. The number of hydrogen-bond acceptors (Lipinski definition) is 6. The smallest absolute Gasteiger partial charge is 0.335 e. The molecule has 0 aromatic carbocycles. The highest BCUT2D eigenvalue weighted by molar-refractivity contribution is 5.71. The normalized spacial score (nSPS) is 9.00. The van der Waals surface area contributed by atoms with E-state index in [1.807, 2.05) is 0 Å². The summed E-state index contributed by atoms with van der Waals surface area (Å²) < 4.78 is 14.0. The second kappa shape index (κ2) is 6.60. The predicted molar refractivity (Wildman–Crippen MR) is 52.6 cm³/mol. The van der Waals surface area contributed by atoms with E-state index in [1.165, 1.54) is 6.92 Å². The first-order valence-electron chi connectivity index (χ1n) is 4.65. The lowest BCUT2D eigenvalue weighted by Gasteiger charge is -2.11. The van der Waals surface area contributed by atoms with Crippen molar-refractivity contribution in [1.82, 2.24) is 0 Å². The second-order valence-electron chi connectivity index (χ2n) is 2.85. The van der Waals surface area contributed by atoms with Crippen LogP contribution in [0, 0.1) is 0 Å². The minimum Gasteiger partial charge on any atom is -0.424 e. The van der Waals surface area contributed by atoms with E-state index in [0.29, 0.717) is 0 Å². The highest BCUT2D eigenvalue weighted by Gasteiger charge is 2.16. The van der Waals surface area contributed by atoms with Gasteiger partial charge in [-0.05, 0) is 0 Å². The highest BCUT2D eigenvalue weighted by Crippen LogP contribution is 2.14. The number of allylic oxidation sites excluding steroid dienone is 1. The summed E-state index contributed by atoms with van der Waals surface area (Å²) in [5.74, 6) is -2.33. The monoisotopic (exact) mass is 230 g/mol. The Hall–Kier alpha value is -1.85. The van der Waals surface area contributed by atoms with Crippen LogP contribution in [0.1, 0.15) is 34.1 Å². The molecule has 0 heterocycles. The molecule has 6 nitrogen and oxygen atoms in total. The van der Waals surface area contributed by atoms with E-state index in [-0.39, 0.29) is 12.2 Å². The van der Waals surface area contributed by atoms with Crippen LogP contribution in [0.5, 0.6) is 0 Å². The maximum Gasteiger partial charge on any atom is 0.335 e. The van der Waals surface area contributed by atoms with Crippen molar-refractivity contribution in [3.8, 4) is 0 Å². The average molecular weight is 230 g/mol. The molecule has 0 aliphatic heterocycles. The van der Waals surface area contributed by atoms with Crippen molar-refractivity contribution in [2.75, 3.05) is 0 Å². The number of carbonyl (C=O) groups is 3. The minimum atomic E-state index is -0.672. The van der Waals surface area contributed by atoms with Crippen LogP contribution >= 0.6 is 0 Å². The molecule has 0 aliphatic rings. The van der Waals surface area contributed by atoms with E-state index in [0.717, 1.165) is 13.8 Å². The van der Waals surface area contributed by atoms with Crippen LogP contribution in [0.25, 0.3) is 0 Å². The Bertz CT molecular complexity index is 310. The molecule has 6 heteroatoms. The molecular formula is C10H14O6. The first kappa shape index (κ1) is 14.2. The fraction of sp³-hybridized carbons (Fsp3) is 0.500. The maximum absolute atomic E-state index is 10.8. The van der Waals surface area contributed by atoms with E-state index in [4.69, 9.17) is 4.74 Å². The molecule has 0 N–H and O–H groups in total. The van der Waals surface area contributed by atoms with Gasteiger partial charge in [-0.3, -0.25) is 14.4 Å². The summed E-state index contributed by atoms with van der Waals surface area (Å²) in [5, 5.41) is 0. The molecule has 16 heavy (non-hydrogen) atoms. The molecule has 0 rings (SSSR count). The third-order valence-corrected chi connectivity index (χ3v) is 1.29. The zero-order valence-electron chi connectivity index (χ0n) is 9.66. The third kappa shape index (κ3) is 5.79. The second-order valence-corrected chi connectivity index (χ2v) is 2.85. The van der Waals surface area contributed by atoms with Crippen molar-refractivity contribution in [3.63, 3.8) is 0 Å². The Morgan fingerprint density at radius 2 is 1.19 bits per heavy atom. The summed E-state index contributed by atoms with van der Waals surface area (Å²) in [6, 6.07) is 0. The van der Waals surface area contributed by atoms with Crippen LogP contribution in [0.4, 0.5) is 0 Å². The van der Waals surface area contributed by atoms with Gasteiger partial charge in [-0.25, -0.2) is 0 Å². The van der Waals surface area contributed by atoms with Gasteiger partial charge in [0.2, 0.25) is 0 Å². The molecule has 0 radical (unpaired) electrons. The van der Waals surface area contributed by atoms with E-state index in [9.17, 15) is 14.4 Å². The van der Waals surface area contributed by atoms with Crippen molar-refractivity contribution < 1.29 is 28.6 Å². The molecule has 0 bridgehead atoms. The summed E-state index contributed by atoms with van der Waals surface area (Å²) in [6.45, 7) is 5.13. The van der Waals surface area contributed by atoms with Crippen molar-refractivity contribution in [1.29, 1.82) is 0 Å². The molecule has 0 saturated carbocycles. The van der Waals surface area contributed by atoms with Crippen molar-refractivity contribution in [2.45, 2.75) is 34.1 Å². The first-order chi connectivity index (χ1) is 7.36. The molecule has 0 amide bonds. The molecule has 0 spiro atoms. The summed E-state index contributed by atoms with van der Waals surface area (Å²) in [4.78, 5) is 32.3. The number of carbonyl (C=O) groups excluding carboxylic acids is 3. The largest absolute Gasteiger partial charge is 0.424 e. The van der Waals surface area contributed by atoms with E-state index in [1.54, 1.807) is 6.92 Å². The topological polar surface area (TPSA) is 78.9 Å². The van der Waals surface area contributed by atoms with Gasteiger partial charge in [0.25, 0.3) is 0 Å². The van der Waals surface area contributed by atoms with Crippen LogP contribution < -0.4 is 0 Å². The van der Waals surface area contributed by atoms with Gasteiger partial charge < -0.3 is 14.2 Å².